The van der Waals surface area contributed by atoms with Crippen LogP contribution in [-0.4, -0.2) is 63.1 Å². The molecule has 0 amide bonds. The maximum absolute atomic E-state index is 12.4. The normalized spacial score (nSPS) is 36.8. The molecule has 6 atom stereocenters. The van der Waals surface area contributed by atoms with Gasteiger partial charge in [0.1, 0.15) is 0 Å². The zero-order valence-electron chi connectivity index (χ0n) is 13.9. The van der Waals surface area contributed by atoms with Crippen molar-refractivity contribution < 1.29 is 32.6 Å². The van der Waals surface area contributed by atoms with Gasteiger partial charge in [-0.2, -0.15) is 0 Å². The molecule has 4 rings (SSSR count). The van der Waals surface area contributed by atoms with Crippen molar-refractivity contribution in [1.82, 2.24) is 0 Å². The molecule has 24 heavy (non-hydrogen) atoms. The summed E-state index contributed by atoms with van der Waals surface area (Å²) in [6, 6.07) is 0. The van der Waals surface area contributed by atoms with Crippen molar-refractivity contribution in [1.29, 1.82) is 0 Å². The summed E-state index contributed by atoms with van der Waals surface area (Å²) in [4.78, 5) is 0. The van der Waals surface area contributed by atoms with Crippen molar-refractivity contribution >= 4 is 8.25 Å². The highest BCUT2D eigenvalue weighted by atomic mass is 31.1. The van der Waals surface area contributed by atoms with Crippen LogP contribution in [0.25, 0.3) is 0 Å². The van der Waals surface area contributed by atoms with Gasteiger partial charge in [-0.15, -0.1) is 0 Å². The molecule has 0 aromatic heterocycles. The highest BCUT2D eigenvalue weighted by Crippen LogP contribution is 2.37. The SMILES string of the molecule is O=[PH](OC(CCC1CO1)CC1CO1)OC(CCC1CO1)CC1CO1. The second-order valence-corrected chi connectivity index (χ2v) is 8.15. The summed E-state index contributed by atoms with van der Waals surface area (Å²) in [7, 11) is -2.52. The molecule has 4 fully saturated rings. The molecular formula is C16H27O7P. The number of epoxide rings is 4. The third-order valence-electron chi connectivity index (χ3n) is 4.81. The van der Waals surface area contributed by atoms with Crippen LogP contribution in [0.1, 0.15) is 38.5 Å². The van der Waals surface area contributed by atoms with E-state index in [1.165, 1.54) is 0 Å². The maximum Gasteiger partial charge on any atom is 0.319 e. The van der Waals surface area contributed by atoms with E-state index in [2.05, 4.69) is 0 Å². The number of hydrogen-bond donors (Lipinski definition) is 0. The number of hydrogen-bond acceptors (Lipinski definition) is 7. The third kappa shape index (κ3) is 6.71. The van der Waals surface area contributed by atoms with Crippen LogP contribution >= 0.6 is 8.25 Å². The first-order chi connectivity index (χ1) is 11.7. The van der Waals surface area contributed by atoms with E-state index in [-0.39, 0.29) is 24.4 Å². The molecule has 0 aliphatic carbocycles. The second kappa shape index (κ2) is 8.12. The van der Waals surface area contributed by atoms with Crippen LogP contribution in [0.4, 0.5) is 0 Å². The minimum absolute atomic E-state index is 0.0716. The first-order valence-electron chi connectivity index (χ1n) is 9.08. The van der Waals surface area contributed by atoms with E-state index in [9.17, 15) is 4.57 Å². The van der Waals surface area contributed by atoms with Gasteiger partial charge in [-0.05, 0) is 25.7 Å². The van der Waals surface area contributed by atoms with Crippen molar-refractivity contribution in [3.05, 3.63) is 0 Å². The van der Waals surface area contributed by atoms with Crippen LogP contribution in [0.3, 0.4) is 0 Å². The Morgan fingerprint density at radius 2 is 1.12 bits per heavy atom. The van der Waals surface area contributed by atoms with Gasteiger partial charge >= 0.3 is 8.25 Å². The molecule has 4 heterocycles. The second-order valence-electron chi connectivity index (χ2n) is 7.18. The summed E-state index contributed by atoms with van der Waals surface area (Å²) in [6.07, 6.45) is 6.26. The Bertz CT molecular complexity index is 394. The predicted octanol–water partition coefficient (Wildman–Crippen LogP) is 2.08. The van der Waals surface area contributed by atoms with Crippen molar-refractivity contribution in [2.75, 3.05) is 26.4 Å². The largest absolute Gasteiger partial charge is 0.373 e. The Balaban J connectivity index is 1.21. The van der Waals surface area contributed by atoms with Gasteiger partial charge in [0.15, 0.2) is 0 Å². The van der Waals surface area contributed by atoms with Crippen molar-refractivity contribution in [2.45, 2.75) is 75.1 Å². The van der Waals surface area contributed by atoms with Crippen LogP contribution in [0, 0.1) is 0 Å². The van der Waals surface area contributed by atoms with Crippen molar-refractivity contribution in [3.8, 4) is 0 Å². The van der Waals surface area contributed by atoms with Crippen LogP contribution in [0.2, 0.25) is 0 Å². The van der Waals surface area contributed by atoms with Gasteiger partial charge in [0.2, 0.25) is 0 Å². The van der Waals surface area contributed by atoms with Gasteiger partial charge in [-0.25, -0.2) is 0 Å². The van der Waals surface area contributed by atoms with E-state index >= 15 is 0 Å². The maximum atomic E-state index is 12.4. The molecule has 0 aromatic rings. The smallest absolute Gasteiger partial charge is 0.319 e. The van der Waals surface area contributed by atoms with Crippen molar-refractivity contribution in [3.63, 3.8) is 0 Å². The zero-order chi connectivity index (χ0) is 16.4. The molecule has 0 saturated carbocycles. The monoisotopic (exact) mass is 362 g/mol. The van der Waals surface area contributed by atoms with Crippen LogP contribution in [-0.2, 0) is 32.6 Å². The van der Waals surface area contributed by atoms with E-state index in [1.807, 2.05) is 0 Å². The van der Waals surface area contributed by atoms with Gasteiger partial charge in [0, 0.05) is 12.8 Å². The Morgan fingerprint density at radius 1 is 0.750 bits per heavy atom. The molecule has 6 unspecified atom stereocenters. The summed E-state index contributed by atoms with van der Waals surface area (Å²) in [5.41, 5.74) is 0. The van der Waals surface area contributed by atoms with E-state index in [4.69, 9.17) is 28.0 Å². The van der Waals surface area contributed by atoms with Gasteiger partial charge in [0.05, 0.1) is 63.1 Å². The molecule has 4 aliphatic rings. The average molecular weight is 362 g/mol. The molecule has 4 aliphatic heterocycles. The molecule has 0 N–H and O–H groups in total. The number of ether oxygens (including phenoxy) is 4. The topological polar surface area (TPSA) is 85.7 Å². The molecule has 4 saturated heterocycles. The predicted molar refractivity (Wildman–Crippen MR) is 85.4 cm³/mol. The molecule has 0 bridgehead atoms. The van der Waals surface area contributed by atoms with Gasteiger partial charge in [0.25, 0.3) is 0 Å². The van der Waals surface area contributed by atoms with E-state index < -0.39 is 8.25 Å². The lowest BCUT2D eigenvalue weighted by molar-refractivity contribution is 0.0992. The molecule has 0 radical (unpaired) electrons. The average Bonchev–Trinajstić information content (AvgIpc) is 3.40. The Labute approximate surface area is 143 Å². The molecular weight excluding hydrogens is 335 g/mol. The quantitative estimate of drug-likeness (QED) is 0.345. The van der Waals surface area contributed by atoms with Crippen LogP contribution in [0.5, 0.6) is 0 Å². The minimum atomic E-state index is -2.52. The van der Waals surface area contributed by atoms with E-state index in [1.54, 1.807) is 0 Å². The number of rotatable bonds is 14. The first kappa shape index (κ1) is 17.4. The fourth-order valence-electron chi connectivity index (χ4n) is 2.96. The zero-order valence-corrected chi connectivity index (χ0v) is 14.9. The van der Waals surface area contributed by atoms with E-state index in [0.717, 1.165) is 65.0 Å². The lowest BCUT2D eigenvalue weighted by Crippen LogP contribution is -2.17. The van der Waals surface area contributed by atoms with Crippen LogP contribution in [0.15, 0.2) is 0 Å². The summed E-state index contributed by atoms with van der Waals surface area (Å²) >= 11 is 0. The van der Waals surface area contributed by atoms with Gasteiger partial charge in [-0.1, -0.05) is 0 Å². The highest BCUT2D eigenvalue weighted by Gasteiger charge is 2.33. The Kier molecular flexibility index (Phi) is 5.89. The molecule has 8 heteroatoms. The lowest BCUT2D eigenvalue weighted by Gasteiger charge is -2.20. The summed E-state index contributed by atoms with van der Waals surface area (Å²) in [5.74, 6) is 0. The summed E-state index contributed by atoms with van der Waals surface area (Å²) in [6.45, 7) is 3.24. The fourth-order valence-corrected chi connectivity index (χ4v) is 3.99. The lowest BCUT2D eigenvalue weighted by atomic mass is 10.1. The Morgan fingerprint density at radius 3 is 1.46 bits per heavy atom. The summed E-state index contributed by atoms with van der Waals surface area (Å²) in [5, 5.41) is 0. The fraction of sp³-hybridized carbons (Fsp3) is 1.00. The third-order valence-corrected chi connectivity index (χ3v) is 5.86. The van der Waals surface area contributed by atoms with Crippen molar-refractivity contribution in [2.24, 2.45) is 0 Å². The molecule has 0 spiro atoms. The first-order valence-corrected chi connectivity index (χ1v) is 10.3. The highest BCUT2D eigenvalue weighted by molar-refractivity contribution is 7.33. The molecule has 138 valence electrons. The Hall–Kier alpha value is -0.0100. The standard InChI is InChI=1S/C16H27O7P/c17-24(22-11(5-15-9-20-15)1-3-13-7-18-13)23-12(6-16-10-21-16)2-4-14-8-19-14/h11-16,24H,1-10H2. The molecule has 0 aromatic carbocycles. The van der Waals surface area contributed by atoms with E-state index in [0.29, 0.717) is 12.2 Å². The van der Waals surface area contributed by atoms with Gasteiger partial charge in [-0.3, -0.25) is 4.57 Å². The van der Waals surface area contributed by atoms with Crippen LogP contribution < -0.4 is 0 Å². The summed E-state index contributed by atoms with van der Waals surface area (Å²) < 4.78 is 44.9. The molecule has 7 nitrogen and oxygen atoms in total. The van der Waals surface area contributed by atoms with Gasteiger partial charge < -0.3 is 28.0 Å². The minimum Gasteiger partial charge on any atom is -0.373 e.